The van der Waals surface area contributed by atoms with E-state index in [1.165, 1.54) is 0 Å². The van der Waals surface area contributed by atoms with Gasteiger partial charge in [-0.05, 0) is 43.0 Å². The molecule has 9 heteroatoms. The third kappa shape index (κ3) is 5.69. The average molecular weight is 464 g/mol. The first kappa shape index (κ1) is 24.2. The molecule has 1 saturated carbocycles. The topological polar surface area (TPSA) is 49.4 Å². The van der Waals surface area contributed by atoms with Crippen LogP contribution in [0.5, 0.6) is 0 Å². The van der Waals surface area contributed by atoms with Crippen LogP contribution in [0.4, 0.5) is 27.6 Å². The van der Waals surface area contributed by atoms with Crippen LogP contribution in [0, 0.1) is 24.0 Å². The molecular formula is C24H21F5N2O2. The molecule has 3 rings (SSSR count). The van der Waals surface area contributed by atoms with Crippen LogP contribution in [0.3, 0.4) is 0 Å². The number of nitrogens with zero attached hydrogens (tertiary/aromatic N) is 1. The van der Waals surface area contributed by atoms with Crippen molar-refractivity contribution in [2.45, 2.75) is 50.4 Å². The predicted octanol–water partition coefficient (Wildman–Crippen LogP) is 5.14. The van der Waals surface area contributed by atoms with Gasteiger partial charge in [0.15, 0.2) is 0 Å². The van der Waals surface area contributed by atoms with E-state index in [1.807, 2.05) is 0 Å². The number of carbonyl (C=O) groups excluding carboxylic acids is 2. The van der Waals surface area contributed by atoms with E-state index in [0.29, 0.717) is 29.9 Å². The van der Waals surface area contributed by atoms with Crippen LogP contribution in [0.1, 0.15) is 49.3 Å². The second-order valence-corrected chi connectivity index (χ2v) is 7.78. The SMILES string of the molecule is C#CC(=O)N(c1cccc(C(F)(F)F)c1)C(C(=O)NC1CCCCC1)c1ccc(F)cc1F. The summed E-state index contributed by atoms with van der Waals surface area (Å²) in [7, 11) is 0. The van der Waals surface area contributed by atoms with Gasteiger partial charge in [-0.25, -0.2) is 8.78 Å². The normalized spacial score (nSPS) is 15.4. The molecule has 1 atom stereocenters. The predicted molar refractivity (Wildman–Crippen MR) is 112 cm³/mol. The van der Waals surface area contributed by atoms with Crippen molar-refractivity contribution in [1.29, 1.82) is 0 Å². The standard InChI is InChI=1S/C24H21F5N2O2/c1-2-21(32)31(18-10-6-7-15(13-18)24(27,28)29)22(19-12-11-16(25)14-20(19)26)23(33)30-17-8-4-3-5-9-17/h1,6-7,10-14,17,22H,3-5,8-9H2,(H,30,33). The summed E-state index contributed by atoms with van der Waals surface area (Å²) in [6.07, 6.45) is 4.56. The zero-order chi connectivity index (χ0) is 24.2. The minimum atomic E-state index is -4.73. The van der Waals surface area contributed by atoms with Crippen LogP contribution in [-0.4, -0.2) is 17.9 Å². The number of hydrogen-bond acceptors (Lipinski definition) is 2. The molecule has 0 aliphatic heterocycles. The second-order valence-electron chi connectivity index (χ2n) is 7.78. The fourth-order valence-corrected chi connectivity index (χ4v) is 3.93. The molecule has 0 spiro atoms. The Morgan fingerprint density at radius 3 is 2.36 bits per heavy atom. The number of anilines is 1. The van der Waals surface area contributed by atoms with E-state index in [0.717, 1.165) is 49.6 Å². The van der Waals surface area contributed by atoms with Crippen molar-refractivity contribution >= 4 is 17.5 Å². The van der Waals surface area contributed by atoms with E-state index >= 15 is 0 Å². The summed E-state index contributed by atoms with van der Waals surface area (Å²) in [4.78, 5) is 26.6. The second kappa shape index (κ2) is 10.0. The number of rotatable bonds is 5. The van der Waals surface area contributed by atoms with Crippen molar-refractivity contribution in [3.63, 3.8) is 0 Å². The van der Waals surface area contributed by atoms with Crippen molar-refractivity contribution in [1.82, 2.24) is 5.32 Å². The number of halogens is 5. The van der Waals surface area contributed by atoms with Crippen molar-refractivity contribution in [3.05, 3.63) is 65.2 Å². The van der Waals surface area contributed by atoms with E-state index in [2.05, 4.69) is 5.32 Å². The molecule has 2 aromatic rings. The Labute approximate surface area is 187 Å². The molecule has 4 nitrogen and oxygen atoms in total. The smallest absolute Gasteiger partial charge is 0.351 e. The lowest BCUT2D eigenvalue weighted by Gasteiger charge is -2.32. The van der Waals surface area contributed by atoms with Crippen LogP contribution in [0.2, 0.25) is 0 Å². The van der Waals surface area contributed by atoms with Gasteiger partial charge in [0.05, 0.1) is 5.56 Å². The number of alkyl halides is 3. The highest BCUT2D eigenvalue weighted by Gasteiger charge is 2.37. The number of nitrogens with one attached hydrogen (secondary N) is 1. The molecule has 1 aliphatic carbocycles. The molecule has 174 valence electrons. The number of hydrogen-bond donors (Lipinski definition) is 1. The number of carbonyl (C=O) groups is 2. The van der Waals surface area contributed by atoms with Gasteiger partial charge >= 0.3 is 12.1 Å². The molecule has 0 bridgehead atoms. The maximum absolute atomic E-state index is 14.8. The highest BCUT2D eigenvalue weighted by Crippen LogP contribution is 2.35. The van der Waals surface area contributed by atoms with Gasteiger partial charge in [0.1, 0.15) is 17.7 Å². The lowest BCUT2D eigenvalue weighted by molar-refractivity contribution is -0.137. The van der Waals surface area contributed by atoms with Gasteiger partial charge in [-0.2, -0.15) is 13.2 Å². The summed E-state index contributed by atoms with van der Waals surface area (Å²) in [5.41, 5.74) is -1.83. The summed E-state index contributed by atoms with van der Waals surface area (Å²) in [5, 5.41) is 2.75. The summed E-state index contributed by atoms with van der Waals surface area (Å²) in [6.45, 7) is 0. The Kier molecular flexibility index (Phi) is 7.36. The largest absolute Gasteiger partial charge is 0.416 e. The Bertz CT molecular complexity index is 1070. The number of terminal acetylenes is 1. The fourth-order valence-electron chi connectivity index (χ4n) is 3.93. The van der Waals surface area contributed by atoms with E-state index < -0.39 is 46.8 Å². The van der Waals surface area contributed by atoms with E-state index in [4.69, 9.17) is 6.42 Å². The van der Waals surface area contributed by atoms with Gasteiger partial charge in [-0.3, -0.25) is 14.5 Å². The average Bonchev–Trinajstić information content (AvgIpc) is 2.77. The van der Waals surface area contributed by atoms with E-state index in [1.54, 1.807) is 5.92 Å². The zero-order valence-corrected chi connectivity index (χ0v) is 17.5. The lowest BCUT2D eigenvalue weighted by Crippen LogP contribution is -2.47. The molecule has 0 heterocycles. The first-order valence-electron chi connectivity index (χ1n) is 10.3. The lowest BCUT2D eigenvalue weighted by atomic mass is 9.94. The van der Waals surface area contributed by atoms with Gasteiger partial charge in [0, 0.05) is 23.4 Å². The summed E-state index contributed by atoms with van der Waals surface area (Å²) >= 11 is 0. The first-order valence-corrected chi connectivity index (χ1v) is 10.3. The maximum Gasteiger partial charge on any atom is 0.416 e. The molecule has 1 unspecified atom stereocenters. The zero-order valence-electron chi connectivity index (χ0n) is 17.5. The van der Waals surface area contributed by atoms with Crippen LogP contribution < -0.4 is 10.2 Å². The highest BCUT2D eigenvalue weighted by atomic mass is 19.4. The maximum atomic E-state index is 14.8. The van der Waals surface area contributed by atoms with Gasteiger partial charge < -0.3 is 5.32 Å². The minimum Gasteiger partial charge on any atom is -0.351 e. The van der Waals surface area contributed by atoms with Crippen molar-refractivity contribution in [2.75, 3.05) is 4.90 Å². The van der Waals surface area contributed by atoms with E-state index in [9.17, 15) is 31.5 Å². The van der Waals surface area contributed by atoms with E-state index in [-0.39, 0.29) is 11.7 Å². The minimum absolute atomic E-state index is 0.249. The van der Waals surface area contributed by atoms with Crippen molar-refractivity contribution < 1.29 is 31.5 Å². The summed E-state index contributed by atoms with van der Waals surface area (Å²) in [6, 6.07) is 4.04. The Hall–Kier alpha value is -3.41. The number of amides is 2. The van der Waals surface area contributed by atoms with Crippen LogP contribution in [-0.2, 0) is 15.8 Å². The van der Waals surface area contributed by atoms with Gasteiger partial charge in [0.25, 0.3) is 0 Å². The fraction of sp³-hybridized carbons (Fsp3) is 0.333. The third-order valence-corrected chi connectivity index (χ3v) is 5.51. The molecule has 1 N–H and O–H groups in total. The Balaban J connectivity index is 2.13. The third-order valence-electron chi connectivity index (χ3n) is 5.51. The highest BCUT2D eigenvalue weighted by molar-refractivity contribution is 6.09. The van der Waals surface area contributed by atoms with Gasteiger partial charge in [0.2, 0.25) is 5.91 Å². The Morgan fingerprint density at radius 2 is 1.76 bits per heavy atom. The van der Waals surface area contributed by atoms with Crippen molar-refractivity contribution in [3.8, 4) is 12.3 Å². The molecule has 0 radical (unpaired) electrons. The van der Waals surface area contributed by atoms with Gasteiger partial charge in [-0.1, -0.05) is 31.4 Å². The molecule has 1 fully saturated rings. The molecule has 0 aromatic heterocycles. The van der Waals surface area contributed by atoms with Crippen LogP contribution >= 0.6 is 0 Å². The quantitative estimate of drug-likeness (QED) is 0.492. The molecule has 2 aromatic carbocycles. The molecule has 2 amide bonds. The van der Waals surface area contributed by atoms with Crippen LogP contribution in [0.25, 0.3) is 0 Å². The summed E-state index contributed by atoms with van der Waals surface area (Å²) in [5.74, 6) is -2.24. The van der Waals surface area contributed by atoms with Crippen molar-refractivity contribution in [2.24, 2.45) is 0 Å². The van der Waals surface area contributed by atoms with Crippen LogP contribution in [0.15, 0.2) is 42.5 Å². The first-order chi connectivity index (χ1) is 15.6. The monoisotopic (exact) mass is 464 g/mol. The number of benzene rings is 2. The summed E-state index contributed by atoms with van der Waals surface area (Å²) < 4.78 is 68.2. The molecule has 0 saturated heterocycles. The van der Waals surface area contributed by atoms with Gasteiger partial charge in [-0.15, -0.1) is 6.42 Å². The Morgan fingerprint density at radius 1 is 1.06 bits per heavy atom. The molecular weight excluding hydrogens is 443 g/mol. The molecule has 33 heavy (non-hydrogen) atoms. The molecule has 1 aliphatic rings.